The fourth-order valence-corrected chi connectivity index (χ4v) is 5.11. The molecule has 0 bridgehead atoms. The number of rotatable bonds is 4. The average Bonchev–Trinajstić information content (AvgIpc) is 3.28. The highest BCUT2D eigenvalue weighted by Gasteiger charge is 2.36. The highest BCUT2D eigenvalue weighted by atomic mass is 32.1. The number of aromatic nitrogens is 3. The number of nitrogens with one attached hydrogen (secondary N) is 2. The van der Waals surface area contributed by atoms with E-state index in [1.165, 1.54) is 11.3 Å². The number of hydrogen-bond acceptors (Lipinski definition) is 8. The maximum atomic E-state index is 12.9. The van der Waals surface area contributed by atoms with Crippen LogP contribution in [0.3, 0.4) is 0 Å². The molecule has 11 heteroatoms. The first-order valence-electron chi connectivity index (χ1n) is 9.66. The summed E-state index contributed by atoms with van der Waals surface area (Å²) in [7, 11) is 2.05. The van der Waals surface area contributed by atoms with Crippen LogP contribution >= 0.6 is 11.3 Å². The van der Waals surface area contributed by atoms with E-state index in [0.29, 0.717) is 36.0 Å². The molecule has 0 unspecified atom stereocenters. The van der Waals surface area contributed by atoms with Crippen LogP contribution in [0.1, 0.15) is 57.3 Å². The van der Waals surface area contributed by atoms with Crippen molar-refractivity contribution in [1.29, 1.82) is 0 Å². The van der Waals surface area contributed by atoms with Gasteiger partial charge in [-0.15, -0.1) is 11.3 Å². The molecule has 156 valence electrons. The van der Waals surface area contributed by atoms with Gasteiger partial charge in [-0.05, 0) is 33.2 Å². The SMILES string of the molecule is Cc1noc([C@H]2CC[C@H](NC(=O)O)[C@H](NC(=O)c3nc4c(s3)CN(C)CC4)C2)n1. The summed E-state index contributed by atoms with van der Waals surface area (Å²) in [5.74, 6) is 0.802. The number of aryl methyl sites for hydroxylation is 1. The number of thiazole rings is 1. The van der Waals surface area contributed by atoms with E-state index in [9.17, 15) is 14.7 Å². The van der Waals surface area contributed by atoms with E-state index in [1.807, 2.05) is 7.05 Å². The topological polar surface area (TPSA) is 133 Å². The van der Waals surface area contributed by atoms with Crippen molar-refractivity contribution < 1.29 is 19.2 Å². The molecule has 0 radical (unpaired) electrons. The number of nitrogens with zero attached hydrogens (tertiary/aromatic N) is 4. The summed E-state index contributed by atoms with van der Waals surface area (Å²) in [5.41, 5.74) is 0.987. The Balaban J connectivity index is 1.49. The molecule has 1 aliphatic carbocycles. The van der Waals surface area contributed by atoms with Crippen molar-refractivity contribution in [3.8, 4) is 0 Å². The zero-order valence-corrected chi connectivity index (χ0v) is 17.2. The molecule has 0 aromatic carbocycles. The number of hydrogen-bond donors (Lipinski definition) is 3. The summed E-state index contributed by atoms with van der Waals surface area (Å²) < 4.78 is 5.30. The molecule has 3 heterocycles. The third-order valence-electron chi connectivity index (χ3n) is 5.48. The summed E-state index contributed by atoms with van der Waals surface area (Å²) in [6, 6.07) is -0.759. The van der Waals surface area contributed by atoms with Gasteiger partial charge in [-0.2, -0.15) is 4.98 Å². The fourth-order valence-electron chi connectivity index (χ4n) is 4.02. The zero-order chi connectivity index (χ0) is 20.5. The largest absolute Gasteiger partial charge is 0.465 e. The van der Waals surface area contributed by atoms with E-state index in [0.717, 1.165) is 30.1 Å². The molecule has 2 aromatic heterocycles. The predicted molar refractivity (Wildman–Crippen MR) is 104 cm³/mol. The summed E-state index contributed by atoms with van der Waals surface area (Å²) in [6.07, 6.45) is 1.53. The van der Waals surface area contributed by atoms with Crippen LogP contribution in [-0.2, 0) is 13.0 Å². The molecule has 4 rings (SSSR count). The molecule has 2 aliphatic rings. The van der Waals surface area contributed by atoms with Crippen molar-refractivity contribution in [1.82, 2.24) is 30.7 Å². The molecule has 0 saturated heterocycles. The van der Waals surface area contributed by atoms with Crippen molar-refractivity contribution in [2.45, 2.75) is 57.2 Å². The fraction of sp³-hybridized carbons (Fsp3) is 0.611. The minimum atomic E-state index is -1.10. The monoisotopic (exact) mass is 420 g/mol. The Morgan fingerprint density at radius 1 is 1.24 bits per heavy atom. The quantitative estimate of drug-likeness (QED) is 0.678. The smallest absolute Gasteiger partial charge is 0.404 e. The first-order chi connectivity index (χ1) is 13.9. The van der Waals surface area contributed by atoms with Gasteiger partial charge in [0.1, 0.15) is 0 Å². The number of carbonyl (C=O) groups excluding carboxylic acids is 1. The number of amides is 2. The van der Waals surface area contributed by atoms with E-state index in [4.69, 9.17) is 4.52 Å². The van der Waals surface area contributed by atoms with E-state index >= 15 is 0 Å². The van der Waals surface area contributed by atoms with Crippen molar-refractivity contribution in [3.05, 3.63) is 27.3 Å². The number of carbonyl (C=O) groups is 2. The van der Waals surface area contributed by atoms with Crippen LogP contribution < -0.4 is 10.6 Å². The van der Waals surface area contributed by atoms with Crippen molar-refractivity contribution in [2.24, 2.45) is 0 Å². The van der Waals surface area contributed by atoms with Crippen LogP contribution in [0.15, 0.2) is 4.52 Å². The number of fused-ring (bicyclic) bond motifs is 1. The van der Waals surface area contributed by atoms with E-state index in [-0.39, 0.29) is 23.9 Å². The minimum Gasteiger partial charge on any atom is -0.465 e. The zero-order valence-electron chi connectivity index (χ0n) is 16.3. The lowest BCUT2D eigenvalue weighted by atomic mass is 9.82. The van der Waals surface area contributed by atoms with Crippen molar-refractivity contribution in [2.75, 3.05) is 13.6 Å². The maximum absolute atomic E-state index is 12.9. The highest BCUT2D eigenvalue weighted by Crippen LogP contribution is 2.33. The lowest BCUT2D eigenvalue weighted by Crippen LogP contribution is -2.54. The van der Waals surface area contributed by atoms with E-state index < -0.39 is 6.09 Å². The molecule has 2 amide bonds. The third-order valence-corrected chi connectivity index (χ3v) is 6.57. The predicted octanol–water partition coefficient (Wildman–Crippen LogP) is 1.52. The molecule has 10 nitrogen and oxygen atoms in total. The maximum Gasteiger partial charge on any atom is 0.404 e. The molecule has 3 atom stereocenters. The summed E-state index contributed by atoms with van der Waals surface area (Å²) in [4.78, 5) is 36.2. The number of likely N-dealkylation sites (N-methyl/N-ethyl adjacent to an activating group) is 1. The van der Waals surface area contributed by atoms with Gasteiger partial charge in [0, 0.05) is 30.3 Å². The Morgan fingerprint density at radius 2 is 2.07 bits per heavy atom. The molecular formula is C18H24N6O4S. The minimum absolute atomic E-state index is 0.0218. The summed E-state index contributed by atoms with van der Waals surface area (Å²) in [5, 5.41) is 19.0. The normalized spacial score (nSPS) is 24.7. The van der Waals surface area contributed by atoms with E-state index in [1.54, 1.807) is 6.92 Å². The van der Waals surface area contributed by atoms with Crippen molar-refractivity contribution in [3.63, 3.8) is 0 Å². The standard InChI is InChI=1S/C18H24N6O4S/c1-9-19-16(28-23-9)10-3-4-11(22-18(26)27)13(7-10)20-15(25)17-21-12-5-6-24(2)8-14(12)29-17/h10-11,13,22H,3-8H2,1-2H3,(H,20,25)(H,26,27)/t10-,11-,13+/m0/s1. The van der Waals surface area contributed by atoms with Gasteiger partial charge in [0.2, 0.25) is 5.89 Å². The Bertz CT molecular complexity index is 912. The van der Waals surface area contributed by atoms with Gasteiger partial charge in [-0.3, -0.25) is 4.79 Å². The van der Waals surface area contributed by atoms with Gasteiger partial charge >= 0.3 is 6.09 Å². The van der Waals surface area contributed by atoms with Gasteiger partial charge in [0.15, 0.2) is 10.8 Å². The first kappa shape index (κ1) is 19.8. The van der Waals surface area contributed by atoms with Crippen LogP contribution in [0.25, 0.3) is 0 Å². The summed E-state index contributed by atoms with van der Waals surface area (Å²) in [6.45, 7) is 3.48. The van der Waals surface area contributed by atoms with Gasteiger partial charge in [-0.1, -0.05) is 5.16 Å². The molecule has 1 fully saturated rings. The lowest BCUT2D eigenvalue weighted by Gasteiger charge is -2.35. The van der Waals surface area contributed by atoms with Crippen LogP contribution in [0, 0.1) is 6.92 Å². The second-order valence-electron chi connectivity index (χ2n) is 7.70. The first-order valence-corrected chi connectivity index (χ1v) is 10.5. The molecule has 0 spiro atoms. The Hall–Kier alpha value is -2.53. The average molecular weight is 420 g/mol. The van der Waals surface area contributed by atoms with Crippen LogP contribution in [0.5, 0.6) is 0 Å². The van der Waals surface area contributed by atoms with Gasteiger partial charge < -0.3 is 25.2 Å². The number of carboxylic acid groups (broad SMARTS) is 1. The van der Waals surface area contributed by atoms with Gasteiger partial charge in [0.05, 0.1) is 17.8 Å². The second kappa shape index (κ2) is 8.07. The molecule has 1 aliphatic heterocycles. The second-order valence-corrected chi connectivity index (χ2v) is 8.79. The Kier molecular flexibility index (Phi) is 5.50. The van der Waals surface area contributed by atoms with Crippen LogP contribution in [0.2, 0.25) is 0 Å². The van der Waals surface area contributed by atoms with Gasteiger partial charge in [-0.25, -0.2) is 9.78 Å². The third kappa shape index (κ3) is 4.40. The van der Waals surface area contributed by atoms with Gasteiger partial charge in [0.25, 0.3) is 5.91 Å². The molecular weight excluding hydrogens is 396 g/mol. The van der Waals surface area contributed by atoms with Crippen molar-refractivity contribution >= 4 is 23.3 Å². The van der Waals surface area contributed by atoms with Crippen LogP contribution in [0.4, 0.5) is 4.79 Å². The Morgan fingerprint density at radius 3 is 2.79 bits per heavy atom. The summed E-state index contributed by atoms with van der Waals surface area (Å²) >= 11 is 1.41. The highest BCUT2D eigenvalue weighted by molar-refractivity contribution is 7.13. The lowest BCUT2D eigenvalue weighted by molar-refractivity contribution is 0.0903. The molecule has 2 aromatic rings. The molecule has 1 saturated carbocycles. The molecule has 3 N–H and O–H groups in total. The van der Waals surface area contributed by atoms with E-state index in [2.05, 4.69) is 30.7 Å². The Labute approximate surface area is 171 Å². The van der Waals surface area contributed by atoms with Crippen LogP contribution in [-0.4, -0.2) is 62.8 Å². The molecule has 29 heavy (non-hydrogen) atoms.